The van der Waals surface area contributed by atoms with Gasteiger partial charge in [-0.05, 0) is 54.6 Å². The molecular weight excluding hydrogens is 462 g/mol. The Bertz CT molecular complexity index is 1320. The fourth-order valence-corrected chi connectivity index (χ4v) is 3.98. The molecule has 8 nitrogen and oxygen atoms in total. The van der Waals surface area contributed by atoms with E-state index in [0.29, 0.717) is 22.7 Å². The topological polar surface area (TPSA) is 115 Å². The SMILES string of the molecule is O=[N+]([O-])c1ccc(S(=O)(=O)Nc2ccc3oc(-c4ccc(Br)cc4)nc3c2)cc1. The van der Waals surface area contributed by atoms with Crippen molar-refractivity contribution in [3.63, 3.8) is 0 Å². The first kappa shape index (κ1) is 19.1. The van der Waals surface area contributed by atoms with Gasteiger partial charge >= 0.3 is 0 Å². The molecule has 0 spiro atoms. The molecule has 0 saturated carbocycles. The number of nitrogens with one attached hydrogen (secondary N) is 1. The lowest BCUT2D eigenvalue weighted by Crippen LogP contribution is -2.12. The summed E-state index contributed by atoms with van der Waals surface area (Å²) in [6, 6.07) is 16.8. The van der Waals surface area contributed by atoms with E-state index in [4.69, 9.17) is 4.42 Å². The summed E-state index contributed by atoms with van der Waals surface area (Å²) in [6.45, 7) is 0. The van der Waals surface area contributed by atoms with Crippen LogP contribution in [-0.2, 0) is 10.0 Å². The number of fused-ring (bicyclic) bond motifs is 1. The molecular formula is C19H12BrN3O5S. The molecule has 0 aliphatic rings. The molecule has 0 aliphatic carbocycles. The van der Waals surface area contributed by atoms with Crippen molar-refractivity contribution >= 4 is 48.4 Å². The van der Waals surface area contributed by atoms with Gasteiger partial charge < -0.3 is 4.42 Å². The van der Waals surface area contributed by atoms with E-state index in [1.165, 1.54) is 12.1 Å². The van der Waals surface area contributed by atoms with Crippen molar-refractivity contribution in [3.05, 3.63) is 81.3 Å². The summed E-state index contributed by atoms with van der Waals surface area (Å²) in [4.78, 5) is 14.5. The first-order valence-corrected chi connectivity index (χ1v) is 10.5. The van der Waals surface area contributed by atoms with Crippen molar-refractivity contribution in [2.45, 2.75) is 4.90 Å². The Morgan fingerprint density at radius 3 is 2.34 bits per heavy atom. The van der Waals surface area contributed by atoms with E-state index in [1.807, 2.05) is 24.3 Å². The number of non-ortho nitro benzene ring substituents is 1. The molecule has 4 aromatic rings. The van der Waals surface area contributed by atoms with E-state index in [2.05, 4.69) is 25.6 Å². The molecule has 146 valence electrons. The van der Waals surface area contributed by atoms with Gasteiger partial charge in [-0.1, -0.05) is 15.9 Å². The summed E-state index contributed by atoms with van der Waals surface area (Å²) in [6.07, 6.45) is 0. The summed E-state index contributed by atoms with van der Waals surface area (Å²) in [5.74, 6) is 0.419. The number of hydrogen-bond donors (Lipinski definition) is 1. The summed E-state index contributed by atoms with van der Waals surface area (Å²) in [5.41, 5.74) is 1.91. The van der Waals surface area contributed by atoms with Gasteiger partial charge in [-0.15, -0.1) is 0 Å². The van der Waals surface area contributed by atoms with E-state index < -0.39 is 14.9 Å². The third-order valence-electron chi connectivity index (χ3n) is 4.09. The standard InChI is InChI=1S/C19H12BrN3O5S/c20-13-3-1-12(2-4-13)19-21-17-11-14(5-10-18(17)28-19)22-29(26,27)16-8-6-15(7-9-16)23(24)25/h1-11,22H. The molecule has 10 heteroatoms. The predicted molar refractivity (Wildman–Crippen MR) is 111 cm³/mol. The first-order chi connectivity index (χ1) is 13.8. The van der Waals surface area contributed by atoms with Crippen LogP contribution in [0.4, 0.5) is 11.4 Å². The molecule has 29 heavy (non-hydrogen) atoms. The van der Waals surface area contributed by atoms with E-state index in [0.717, 1.165) is 22.2 Å². The Morgan fingerprint density at radius 2 is 1.69 bits per heavy atom. The van der Waals surface area contributed by atoms with Crippen LogP contribution in [0.1, 0.15) is 0 Å². The van der Waals surface area contributed by atoms with Crippen molar-refractivity contribution in [2.24, 2.45) is 0 Å². The molecule has 0 atom stereocenters. The maximum Gasteiger partial charge on any atom is 0.269 e. The van der Waals surface area contributed by atoms with Crippen molar-refractivity contribution < 1.29 is 17.8 Å². The zero-order valence-electron chi connectivity index (χ0n) is 14.6. The molecule has 4 rings (SSSR count). The fraction of sp³-hybridized carbons (Fsp3) is 0. The second-order valence-electron chi connectivity index (χ2n) is 6.06. The molecule has 0 amide bonds. The number of anilines is 1. The second-order valence-corrected chi connectivity index (χ2v) is 8.66. The molecule has 0 fully saturated rings. The predicted octanol–water partition coefficient (Wildman–Crippen LogP) is 4.97. The number of rotatable bonds is 5. The Kier molecular flexibility index (Phi) is 4.81. The minimum atomic E-state index is -3.91. The Hall–Kier alpha value is -3.24. The van der Waals surface area contributed by atoms with Gasteiger partial charge in [0.2, 0.25) is 5.89 Å². The van der Waals surface area contributed by atoms with Gasteiger partial charge in [0, 0.05) is 22.2 Å². The van der Waals surface area contributed by atoms with E-state index in [1.54, 1.807) is 18.2 Å². The van der Waals surface area contributed by atoms with Crippen molar-refractivity contribution in [1.82, 2.24) is 4.98 Å². The smallest absolute Gasteiger partial charge is 0.269 e. The van der Waals surface area contributed by atoms with Crippen molar-refractivity contribution in [2.75, 3.05) is 4.72 Å². The Labute approximate surface area is 173 Å². The average Bonchev–Trinajstić information content (AvgIpc) is 3.11. The number of nitro groups is 1. The maximum atomic E-state index is 12.5. The van der Waals surface area contributed by atoms with E-state index in [9.17, 15) is 18.5 Å². The van der Waals surface area contributed by atoms with Crippen LogP contribution in [0.15, 0.2) is 80.5 Å². The highest BCUT2D eigenvalue weighted by molar-refractivity contribution is 9.10. The third kappa shape index (κ3) is 3.98. The lowest BCUT2D eigenvalue weighted by atomic mass is 10.2. The van der Waals surface area contributed by atoms with E-state index >= 15 is 0 Å². The maximum absolute atomic E-state index is 12.5. The highest BCUT2D eigenvalue weighted by Gasteiger charge is 2.17. The second kappa shape index (κ2) is 7.30. The van der Waals surface area contributed by atoms with Gasteiger partial charge in [-0.25, -0.2) is 13.4 Å². The van der Waals surface area contributed by atoms with Gasteiger partial charge in [-0.3, -0.25) is 14.8 Å². The quantitative estimate of drug-likeness (QED) is 0.323. The zero-order valence-corrected chi connectivity index (χ0v) is 17.0. The molecule has 3 aromatic carbocycles. The number of benzene rings is 3. The van der Waals surface area contributed by atoms with Crippen molar-refractivity contribution in [3.8, 4) is 11.5 Å². The van der Waals surface area contributed by atoms with Gasteiger partial charge in [-0.2, -0.15) is 0 Å². The van der Waals surface area contributed by atoms with Crippen LogP contribution in [0.2, 0.25) is 0 Å². The molecule has 1 heterocycles. The van der Waals surface area contributed by atoms with Gasteiger partial charge in [0.05, 0.1) is 15.5 Å². The zero-order chi connectivity index (χ0) is 20.6. The van der Waals surface area contributed by atoms with Crippen LogP contribution in [0, 0.1) is 10.1 Å². The van der Waals surface area contributed by atoms with Crippen LogP contribution in [0.25, 0.3) is 22.6 Å². The highest BCUT2D eigenvalue weighted by Crippen LogP contribution is 2.28. The van der Waals surface area contributed by atoms with Gasteiger partial charge in [0.15, 0.2) is 5.58 Å². The van der Waals surface area contributed by atoms with Crippen LogP contribution >= 0.6 is 15.9 Å². The van der Waals surface area contributed by atoms with Crippen LogP contribution in [-0.4, -0.2) is 18.3 Å². The number of sulfonamides is 1. The summed E-state index contributed by atoms with van der Waals surface area (Å²) in [5, 5.41) is 10.7. The van der Waals surface area contributed by atoms with Crippen molar-refractivity contribution in [1.29, 1.82) is 0 Å². The number of nitro benzene ring substituents is 1. The highest BCUT2D eigenvalue weighted by atomic mass is 79.9. The van der Waals surface area contributed by atoms with Gasteiger partial charge in [0.25, 0.3) is 15.7 Å². The molecule has 0 bridgehead atoms. The fourth-order valence-electron chi connectivity index (χ4n) is 2.67. The van der Waals surface area contributed by atoms with Gasteiger partial charge in [0.1, 0.15) is 5.52 Å². The molecule has 0 unspecified atom stereocenters. The number of oxazole rings is 1. The molecule has 0 aliphatic heterocycles. The number of halogens is 1. The van der Waals surface area contributed by atoms with Crippen LogP contribution in [0.3, 0.4) is 0 Å². The number of hydrogen-bond acceptors (Lipinski definition) is 6. The largest absolute Gasteiger partial charge is 0.436 e. The molecule has 0 radical (unpaired) electrons. The summed E-state index contributed by atoms with van der Waals surface area (Å²) >= 11 is 3.37. The monoisotopic (exact) mass is 473 g/mol. The lowest BCUT2D eigenvalue weighted by Gasteiger charge is -2.07. The summed E-state index contributed by atoms with van der Waals surface area (Å²) < 4.78 is 34.2. The lowest BCUT2D eigenvalue weighted by molar-refractivity contribution is -0.384. The molecule has 0 saturated heterocycles. The summed E-state index contributed by atoms with van der Waals surface area (Å²) in [7, 11) is -3.91. The minimum Gasteiger partial charge on any atom is -0.436 e. The average molecular weight is 474 g/mol. The number of aromatic nitrogens is 1. The minimum absolute atomic E-state index is 0.0844. The first-order valence-electron chi connectivity index (χ1n) is 8.26. The Balaban J connectivity index is 1.62. The van der Waals surface area contributed by atoms with E-state index in [-0.39, 0.29) is 10.6 Å². The third-order valence-corrected chi connectivity index (χ3v) is 6.01. The van der Waals surface area contributed by atoms with Crippen LogP contribution < -0.4 is 4.72 Å². The normalized spacial score (nSPS) is 11.5. The van der Waals surface area contributed by atoms with Crippen LogP contribution in [0.5, 0.6) is 0 Å². The molecule has 1 N–H and O–H groups in total. The Morgan fingerprint density at radius 1 is 1.00 bits per heavy atom. The number of nitrogens with zero attached hydrogens (tertiary/aromatic N) is 2. The molecule has 1 aromatic heterocycles.